The smallest absolute Gasteiger partial charge is 0.414 e. The van der Waals surface area contributed by atoms with Gasteiger partial charge in [0.15, 0.2) is 11.2 Å². The van der Waals surface area contributed by atoms with Crippen molar-refractivity contribution >= 4 is 51.4 Å². The van der Waals surface area contributed by atoms with Crippen LogP contribution < -0.4 is 15.5 Å². The van der Waals surface area contributed by atoms with Crippen LogP contribution in [0.2, 0.25) is 51.4 Å². The van der Waals surface area contributed by atoms with Crippen LogP contribution in [0, 0.1) is 0 Å². The van der Waals surface area contributed by atoms with E-state index in [9.17, 15) is 14.4 Å². The average molecular weight is 865 g/mol. The SMILES string of the molecule is C=C(OCC)c1c(CC[C@@H](C)N(/C=C\C)C(=O)OC(C)(C)C)nc2c(-c3ccc(C4(C)NC(=O)NC4=O)nc3)cnn2c1N(COCC[Si](C)(C)C)COCC[Si](C)(C)C. The number of carbonyl (C=O) groups excluding carboxylic acids is 3. The number of aryl methyl sites for hydroxylation is 1. The summed E-state index contributed by atoms with van der Waals surface area (Å²) in [6.07, 6.45) is 7.45. The van der Waals surface area contributed by atoms with E-state index >= 15 is 0 Å². The number of pyridine rings is 1. The number of fused-ring (bicyclic) bond motifs is 1. The molecule has 0 radical (unpaired) electrons. The number of urea groups is 1. The zero-order valence-electron chi connectivity index (χ0n) is 38.2. The van der Waals surface area contributed by atoms with Gasteiger partial charge in [-0.3, -0.25) is 20.0 Å². The maximum absolute atomic E-state index is 13.4. The maximum atomic E-state index is 13.4. The van der Waals surface area contributed by atoms with E-state index in [1.54, 1.807) is 41.0 Å². The molecule has 4 heterocycles. The average Bonchev–Trinajstić information content (AvgIpc) is 3.68. The molecule has 17 heteroatoms. The Balaban J connectivity index is 1.90. The number of nitrogens with zero attached hydrogens (tertiary/aromatic N) is 6. The molecule has 2 N–H and O–H groups in total. The highest BCUT2D eigenvalue weighted by Gasteiger charge is 2.44. The number of nitrogens with one attached hydrogen (secondary N) is 2. The first-order chi connectivity index (χ1) is 28.0. The van der Waals surface area contributed by atoms with Gasteiger partial charge in [0.25, 0.3) is 5.91 Å². The van der Waals surface area contributed by atoms with E-state index in [1.807, 2.05) is 58.6 Å². The van der Waals surface area contributed by atoms with Crippen molar-refractivity contribution < 1.29 is 33.3 Å². The van der Waals surface area contributed by atoms with Gasteiger partial charge in [-0.1, -0.05) is 58.0 Å². The van der Waals surface area contributed by atoms with Crippen LogP contribution in [0.15, 0.2) is 43.4 Å². The summed E-state index contributed by atoms with van der Waals surface area (Å²) in [5, 5.41) is 9.90. The molecule has 1 aliphatic rings. The fraction of sp³-hybridized carbons (Fsp3) is 0.581. The molecule has 0 aliphatic carbocycles. The molecule has 4 rings (SSSR count). The molecule has 0 spiro atoms. The van der Waals surface area contributed by atoms with Gasteiger partial charge in [-0.25, -0.2) is 14.6 Å². The Morgan fingerprint density at radius 1 is 1.03 bits per heavy atom. The van der Waals surface area contributed by atoms with Gasteiger partial charge in [0.2, 0.25) is 0 Å². The quantitative estimate of drug-likeness (QED) is 0.0348. The van der Waals surface area contributed by atoms with Crippen LogP contribution in [-0.2, 0) is 35.7 Å². The maximum Gasteiger partial charge on any atom is 0.414 e. The number of hydrogen-bond donors (Lipinski definition) is 2. The number of rotatable bonds is 21. The number of ether oxygens (including phenoxy) is 4. The van der Waals surface area contributed by atoms with Crippen LogP contribution in [0.4, 0.5) is 15.4 Å². The molecule has 1 aliphatic heterocycles. The van der Waals surface area contributed by atoms with Gasteiger partial charge in [0, 0.05) is 58.9 Å². The van der Waals surface area contributed by atoms with E-state index in [0.29, 0.717) is 78.0 Å². The van der Waals surface area contributed by atoms with Crippen molar-refractivity contribution in [2.24, 2.45) is 0 Å². The third-order valence-corrected chi connectivity index (χ3v) is 13.3. The Labute approximate surface area is 358 Å². The zero-order chi connectivity index (χ0) is 44.6. The van der Waals surface area contributed by atoms with Crippen molar-refractivity contribution in [2.45, 2.75) is 130 Å². The summed E-state index contributed by atoms with van der Waals surface area (Å²) in [6.45, 7) is 33.2. The predicted octanol–water partition coefficient (Wildman–Crippen LogP) is 8.38. The standard InChI is InChI=1S/C43H68N8O7Si2/c1-15-21-50(41(54)58-42(5,6)7)30(3)17-19-34-36(31(4)57-16-2)38(49(28-55-22-24-59(9,10)11)29-56-23-25-60(12,13)14)51-37(46-34)33(27-45-51)32-18-20-35(44-26-32)43(8)39(52)47-40(53)48-43/h15,18,20-21,26-27,30H,4,16-17,19,22-25,28-29H2,1-3,5-14H3,(H2,47,48,52,53)/b21-15-/t30-,43?/m1/s1. The molecule has 2 atom stereocenters. The Morgan fingerprint density at radius 3 is 2.17 bits per heavy atom. The summed E-state index contributed by atoms with van der Waals surface area (Å²) in [6, 6.07) is 4.70. The van der Waals surface area contributed by atoms with Gasteiger partial charge in [-0.05, 0) is 79.5 Å². The summed E-state index contributed by atoms with van der Waals surface area (Å²) in [7, 11) is -2.79. The van der Waals surface area contributed by atoms with Crippen LogP contribution >= 0.6 is 0 Å². The molecular weight excluding hydrogens is 797 g/mol. The van der Waals surface area contributed by atoms with Crippen LogP contribution in [-0.4, -0.2) is 104 Å². The first kappa shape index (κ1) is 48.1. The first-order valence-electron chi connectivity index (χ1n) is 20.9. The number of allylic oxidation sites excluding steroid dienone is 1. The van der Waals surface area contributed by atoms with Gasteiger partial charge in [-0.15, -0.1) is 0 Å². The van der Waals surface area contributed by atoms with Crippen molar-refractivity contribution in [1.29, 1.82) is 0 Å². The van der Waals surface area contributed by atoms with Crippen LogP contribution in [0.1, 0.15) is 71.8 Å². The fourth-order valence-corrected chi connectivity index (χ4v) is 7.93. The van der Waals surface area contributed by atoms with Crippen molar-refractivity contribution in [2.75, 3.05) is 38.2 Å². The third-order valence-electron chi connectivity index (χ3n) is 9.90. The Hall–Kier alpha value is -4.59. The second-order valence-corrected chi connectivity index (χ2v) is 30.1. The van der Waals surface area contributed by atoms with E-state index in [-0.39, 0.29) is 19.5 Å². The Kier molecular flexibility index (Phi) is 15.9. The number of aromatic nitrogens is 4. The molecule has 3 aromatic rings. The molecule has 1 fully saturated rings. The topological polar surface area (TPSA) is 162 Å². The lowest BCUT2D eigenvalue weighted by Gasteiger charge is -2.31. The minimum atomic E-state index is -1.39. The van der Waals surface area contributed by atoms with E-state index < -0.39 is 45.3 Å². The summed E-state index contributed by atoms with van der Waals surface area (Å²) < 4.78 is 26.6. The van der Waals surface area contributed by atoms with Gasteiger partial charge in [0.05, 0.1) is 29.8 Å². The van der Waals surface area contributed by atoms with Gasteiger partial charge < -0.3 is 29.2 Å². The highest BCUT2D eigenvalue weighted by atomic mass is 28.3. The van der Waals surface area contributed by atoms with Crippen LogP contribution in [0.5, 0.6) is 0 Å². The molecule has 4 amide bonds. The van der Waals surface area contributed by atoms with Gasteiger partial charge in [0.1, 0.15) is 30.6 Å². The van der Waals surface area contributed by atoms with E-state index in [4.69, 9.17) is 29.0 Å². The third kappa shape index (κ3) is 12.7. The molecule has 60 heavy (non-hydrogen) atoms. The number of imide groups is 1. The van der Waals surface area contributed by atoms with Crippen molar-refractivity contribution in [3.63, 3.8) is 0 Å². The molecule has 1 unspecified atom stereocenters. The number of anilines is 1. The predicted molar refractivity (Wildman–Crippen MR) is 242 cm³/mol. The second-order valence-electron chi connectivity index (χ2n) is 18.9. The highest BCUT2D eigenvalue weighted by Crippen LogP contribution is 2.36. The lowest BCUT2D eigenvalue weighted by Crippen LogP contribution is -2.41. The largest absolute Gasteiger partial charge is 0.494 e. The second kappa shape index (κ2) is 19.9. The van der Waals surface area contributed by atoms with Crippen molar-refractivity contribution in [1.82, 2.24) is 35.1 Å². The zero-order valence-corrected chi connectivity index (χ0v) is 40.2. The van der Waals surface area contributed by atoms with Crippen molar-refractivity contribution in [3.05, 3.63) is 60.3 Å². The lowest BCUT2D eigenvalue weighted by molar-refractivity contribution is -0.123. The minimum Gasteiger partial charge on any atom is -0.494 e. The molecule has 0 bridgehead atoms. The summed E-state index contributed by atoms with van der Waals surface area (Å²) >= 11 is 0. The minimum absolute atomic E-state index is 0.213. The molecule has 330 valence electrons. The van der Waals surface area contributed by atoms with Crippen molar-refractivity contribution in [3.8, 4) is 11.1 Å². The molecule has 0 saturated carbocycles. The van der Waals surface area contributed by atoms with E-state index in [0.717, 1.165) is 12.1 Å². The number of hydrogen-bond acceptors (Lipinski definition) is 11. The lowest BCUT2D eigenvalue weighted by atomic mass is 9.96. The number of carbonyl (C=O) groups is 3. The molecule has 15 nitrogen and oxygen atoms in total. The summed E-state index contributed by atoms with van der Waals surface area (Å²) in [5.74, 6) is 0.590. The van der Waals surface area contributed by atoms with E-state index in [2.05, 4.69) is 61.5 Å². The number of amides is 4. The van der Waals surface area contributed by atoms with E-state index in [1.165, 1.54) is 0 Å². The normalized spacial score (nSPS) is 16.6. The van der Waals surface area contributed by atoms with Gasteiger partial charge >= 0.3 is 12.1 Å². The van der Waals surface area contributed by atoms with Crippen LogP contribution in [0.25, 0.3) is 22.5 Å². The van der Waals surface area contributed by atoms with Crippen LogP contribution in [0.3, 0.4) is 0 Å². The molecule has 3 aromatic heterocycles. The Bertz CT molecular complexity index is 2000. The highest BCUT2D eigenvalue weighted by molar-refractivity contribution is 6.76. The van der Waals surface area contributed by atoms with Gasteiger partial charge in [-0.2, -0.15) is 9.61 Å². The first-order valence-corrected chi connectivity index (χ1v) is 28.3. The summed E-state index contributed by atoms with van der Waals surface area (Å²) in [5.41, 5.74) is 1.68. The monoisotopic (exact) mass is 864 g/mol. The Morgan fingerprint density at radius 2 is 1.67 bits per heavy atom. The molecule has 0 aromatic carbocycles. The molecular formula is C43H68N8O7Si2. The summed E-state index contributed by atoms with van der Waals surface area (Å²) in [4.78, 5) is 51.7. The molecule has 1 saturated heterocycles. The fourth-order valence-electron chi connectivity index (χ4n) is 6.42.